The van der Waals surface area contributed by atoms with Crippen molar-refractivity contribution < 1.29 is 35.5 Å². The van der Waals surface area contributed by atoms with Gasteiger partial charge >= 0.3 is 6.18 Å². The number of ether oxygens (including phenoxy) is 1. The molecule has 1 aromatic carbocycles. The van der Waals surface area contributed by atoms with Crippen LogP contribution >= 0.6 is 0 Å². The molecule has 11 heteroatoms. The summed E-state index contributed by atoms with van der Waals surface area (Å²) in [6.07, 6.45) is -4.67. The summed E-state index contributed by atoms with van der Waals surface area (Å²) in [5, 5.41) is 2.37. The summed E-state index contributed by atoms with van der Waals surface area (Å²) in [5.74, 6) is -4.63. The maximum atomic E-state index is 13.3. The molecule has 1 atom stereocenters. The summed E-state index contributed by atoms with van der Waals surface area (Å²) >= 11 is 0. The Bertz CT molecular complexity index is 1020. The molecule has 1 N–H and O–H groups in total. The van der Waals surface area contributed by atoms with Crippen LogP contribution in [0.4, 0.5) is 23.4 Å². The number of pyridine rings is 1. The minimum absolute atomic E-state index is 0. The maximum absolute atomic E-state index is 13.3. The van der Waals surface area contributed by atoms with Gasteiger partial charge in [0.1, 0.15) is 17.4 Å². The average Bonchev–Trinajstić information content (AvgIpc) is 2.63. The third-order valence-corrected chi connectivity index (χ3v) is 5.98. The Kier molecular flexibility index (Phi) is 7.95. The van der Waals surface area contributed by atoms with Gasteiger partial charge in [-0.15, -0.1) is 0 Å². The molecule has 0 aliphatic heterocycles. The highest BCUT2D eigenvalue weighted by molar-refractivity contribution is 7.91. The largest absolute Gasteiger partial charge is 0.496 e. The molecule has 2 aromatic rings. The van der Waals surface area contributed by atoms with Crippen molar-refractivity contribution in [2.24, 2.45) is 5.92 Å². The van der Waals surface area contributed by atoms with Crippen LogP contribution in [0.1, 0.15) is 30.4 Å². The van der Waals surface area contributed by atoms with Crippen LogP contribution in [0.3, 0.4) is 0 Å². The number of hydrogen-bond donors (Lipinski definition) is 1. The molecular weight excluding hydrogens is 428 g/mol. The number of benzene rings is 1. The number of rotatable bonds is 6. The Labute approximate surface area is 172 Å². The first-order valence-electron chi connectivity index (χ1n) is 8.27. The van der Waals surface area contributed by atoms with Crippen LogP contribution in [0.25, 0.3) is 0 Å². The van der Waals surface area contributed by atoms with Crippen molar-refractivity contribution in [2.45, 2.75) is 32.3 Å². The molecule has 1 amide bonds. The van der Waals surface area contributed by atoms with E-state index in [2.05, 4.69) is 10.3 Å². The molecule has 30 heavy (non-hydrogen) atoms. The number of sulfone groups is 1. The molecule has 0 spiro atoms. The Hall–Kier alpha value is -2.69. The van der Waals surface area contributed by atoms with Gasteiger partial charge in [0.25, 0.3) is 5.91 Å². The molecule has 0 saturated heterocycles. The van der Waals surface area contributed by atoms with Gasteiger partial charge in [0.05, 0.1) is 34.9 Å². The molecule has 0 bridgehead atoms. The van der Waals surface area contributed by atoms with Gasteiger partial charge in [-0.25, -0.2) is 17.8 Å². The first-order valence-corrected chi connectivity index (χ1v) is 9.92. The smallest absolute Gasteiger partial charge is 0.392 e. The Morgan fingerprint density at radius 2 is 1.87 bits per heavy atom. The second-order valence-corrected chi connectivity index (χ2v) is 8.34. The minimum atomic E-state index is -4.67. The fraction of sp³-hybridized carbons (Fsp3) is 0.368. The van der Waals surface area contributed by atoms with Crippen molar-refractivity contribution in [1.29, 1.82) is 0 Å². The van der Waals surface area contributed by atoms with E-state index in [1.165, 1.54) is 26.2 Å². The van der Waals surface area contributed by atoms with Gasteiger partial charge in [-0.3, -0.25) is 4.79 Å². The number of carbonyl (C=O) groups excluding carboxylic acids is 1. The van der Waals surface area contributed by atoms with Gasteiger partial charge in [-0.2, -0.15) is 13.2 Å². The topological polar surface area (TPSA) is 85.4 Å². The summed E-state index contributed by atoms with van der Waals surface area (Å²) in [6.45, 7) is 2.15. The van der Waals surface area contributed by atoms with Crippen LogP contribution in [0.5, 0.6) is 5.75 Å². The number of carbonyl (C=O) groups is 1. The first-order chi connectivity index (χ1) is 13.3. The zero-order valence-electron chi connectivity index (χ0n) is 15.7. The highest BCUT2D eigenvalue weighted by Gasteiger charge is 2.39. The molecule has 6 nitrogen and oxygen atoms in total. The fourth-order valence-electron chi connectivity index (χ4n) is 2.38. The van der Waals surface area contributed by atoms with Crippen LogP contribution in [-0.2, 0) is 9.84 Å². The van der Waals surface area contributed by atoms with Crippen LogP contribution in [0.15, 0.2) is 35.2 Å². The second-order valence-electron chi connectivity index (χ2n) is 6.30. The van der Waals surface area contributed by atoms with Crippen molar-refractivity contribution in [3.8, 4) is 5.75 Å². The van der Waals surface area contributed by atoms with Crippen molar-refractivity contribution >= 4 is 21.6 Å². The lowest BCUT2D eigenvalue weighted by molar-refractivity contribution is -0.163. The van der Waals surface area contributed by atoms with E-state index in [0.29, 0.717) is 0 Å². The third-order valence-electron chi connectivity index (χ3n) is 4.07. The number of nitrogens with one attached hydrogen (secondary N) is 1. The Morgan fingerprint density at radius 1 is 1.23 bits per heavy atom. The van der Waals surface area contributed by atoms with Gasteiger partial charge in [0, 0.05) is 0 Å². The van der Waals surface area contributed by atoms with E-state index in [4.69, 9.17) is 4.74 Å². The van der Waals surface area contributed by atoms with Crippen LogP contribution in [0, 0.1) is 18.7 Å². The van der Waals surface area contributed by atoms with Crippen molar-refractivity contribution in [1.82, 2.24) is 4.98 Å². The molecule has 0 aliphatic carbocycles. The Balaban J connectivity index is 0.00000450. The zero-order chi connectivity index (χ0) is 22.0. The number of hydrogen-bond acceptors (Lipinski definition) is 5. The number of methoxy groups -OCH3 is 1. The molecule has 0 radical (unpaired) electrons. The fourth-order valence-corrected chi connectivity index (χ4v) is 3.99. The summed E-state index contributed by atoms with van der Waals surface area (Å²) < 4.78 is 81.3. The quantitative estimate of drug-likeness (QED) is 0.660. The van der Waals surface area contributed by atoms with Gasteiger partial charge in [-0.05, 0) is 37.3 Å². The number of nitrogens with zero attached hydrogens (tertiary/aromatic N) is 1. The number of amides is 1. The summed E-state index contributed by atoms with van der Waals surface area (Å²) in [7, 11) is -3.09. The van der Waals surface area contributed by atoms with Crippen molar-refractivity contribution in [3.05, 3.63) is 47.4 Å². The monoisotopic (exact) mass is 450 g/mol. The molecule has 1 heterocycles. The van der Waals surface area contributed by atoms with Crippen LogP contribution in [0.2, 0.25) is 0 Å². The molecule has 0 saturated carbocycles. The molecule has 0 unspecified atom stereocenters. The lowest BCUT2D eigenvalue weighted by Crippen LogP contribution is -2.27. The molecule has 2 rings (SSSR count). The standard InChI is InChI=1S/C18H18F4N2O4S.CH4/c1-10(18(20,21)22)9-29(26,27)12-4-6-15(28-3)13(8-12)17(25)24-16-7-5-14(19)11(2)23-16;/h4-8,10H,9H2,1-3H3,(H,23,24,25);1H4/t10-;/m0./s1. The number of anilines is 1. The van der Waals surface area contributed by atoms with E-state index in [-0.39, 0.29) is 30.3 Å². The van der Waals surface area contributed by atoms with Gasteiger partial charge in [0.15, 0.2) is 9.84 Å². The average molecular weight is 450 g/mol. The molecule has 166 valence electrons. The van der Waals surface area contributed by atoms with Gasteiger partial charge in [-0.1, -0.05) is 14.4 Å². The third kappa shape index (κ3) is 5.91. The van der Waals surface area contributed by atoms with Crippen molar-refractivity contribution in [3.63, 3.8) is 0 Å². The number of alkyl halides is 3. The predicted molar refractivity (Wildman–Crippen MR) is 104 cm³/mol. The van der Waals surface area contributed by atoms with E-state index >= 15 is 0 Å². The lowest BCUT2D eigenvalue weighted by Gasteiger charge is -2.16. The molecular formula is C19H22F4N2O4S. The zero-order valence-corrected chi connectivity index (χ0v) is 16.5. The molecule has 0 aliphatic rings. The number of aryl methyl sites for hydroxylation is 1. The summed E-state index contributed by atoms with van der Waals surface area (Å²) in [5.41, 5.74) is -0.191. The lowest BCUT2D eigenvalue weighted by atomic mass is 10.2. The molecule has 1 aromatic heterocycles. The number of aromatic nitrogens is 1. The van der Waals surface area contributed by atoms with E-state index in [1.807, 2.05) is 0 Å². The SMILES string of the molecule is C.COc1ccc(S(=O)(=O)C[C@H](C)C(F)(F)F)cc1C(=O)Nc1ccc(F)c(C)n1. The Morgan fingerprint density at radius 3 is 2.40 bits per heavy atom. The summed E-state index contributed by atoms with van der Waals surface area (Å²) in [6, 6.07) is 5.47. The minimum Gasteiger partial charge on any atom is -0.496 e. The number of halogens is 4. The highest BCUT2D eigenvalue weighted by atomic mass is 32.2. The second kappa shape index (κ2) is 9.41. The van der Waals surface area contributed by atoms with Crippen LogP contribution < -0.4 is 10.1 Å². The van der Waals surface area contributed by atoms with Crippen molar-refractivity contribution in [2.75, 3.05) is 18.2 Å². The van der Waals surface area contributed by atoms with E-state index in [1.54, 1.807) is 0 Å². The predicted octanol–water partition coefficient (Wildman–Crippen LogP) is 4.40. The van der Waals surface area contributed by atoms with E-state index in [0.717, 1.165) is 25.1 Å². The van der Waals surface area contributed by atoms with Gasteiger partial charge in [0.2, 0.25) is 0 Å². The van der Waals surface area contributed by atoms with Gasteiger partial charge < -0.3 is 10.1 Å². The normalized spacial score (nSPS) is 12.6. The van der Waals surface area contributed by atoms with E-state index in [9.17, 15) is 30.8 Å². The highest BCUT2D eigenvalue weighted by Crippen LogP contribution is 2.30. The van der Waals surface area contributed by atoms with Crippen LogP contribution in [-0.4, -0.2) is 38.3 Å². The summed E-state index contributed by atoms with van der Waals surface area (Å²) in [4.78, 5) is 15.9. The molecule has 0 fully saturated rings. The maximum Gasteiger partial charge on any atom is 0.392 e. The van der Waals surface area contributed by atoms with E-state index < -0.39 is 44.3 Å². The first kappa shape index (κ1) is 25.3.